The van der Waals surface area contributed by atoms with Crippen LogP contribution in [-0.4, -0.2) is 18.6 Å². The highest BCUT2D eigenvalue weighted by Gasteiger charge is 2.08. The molecule has 0 spiro atoms. The molecule has 3 nitrogen and oxygen atoms in total. The Kier molecular flexibility index (Phi) is 2.45. The molecule has 0 amide bonds. The maximum absolute atomic E-state index is 13.2. The van der Waals surface area contributed by atoms with Crippen molar-refractivity contribution in [1.82, 2.24) is 10.3 Å². The summed E-state index contributed by atoms with van der Waals surface area (Å²) in [5, 5.41) is 2.98. The largest absolute Gasteiger partial charge is 0.438 e. The third kappa shape index (κ3) is 1.61. The molecule has 0 unspecified atom stereocenters. The Morgan fingerprint density at radius 1 is 1.50 bits per heavy atom. The molecular formula is C10H11FN2O. The molecule has 0 aliphatic rings. The Bertz CT molecular complexity index is 439. The molecule has 1 N–H and O–H groups in total. The molecule has 0 aliphatic heterocycles. The Hall–Kier alpha value is -1.42. The lowest BCUT2D eigenvalue weighted by atomic mass is 10.3. The number of nitrogens with zero attached hydrogens (tertiary/aromatic N) is 1. The second-order valence-electron chi connectivity index (χ2n) is 3.05. The van der Waals surface area contributed by atoms with E-state index in [0.29, 0.717) is 17.8 Å². The first kappa shape index (κ1) is 9.15. The van der Waals surface area contributed by atoms with Crippen molar-refractivity contribution in [1.29, 1.82) is 0 Å². The van der Waals surface area contributed by atoms with Crippen LogP contribution in [0.1, 0.15) is 5.89 Å². The fourth-order valence-corrected chi connectivity index (χ4v) is 1.30. The smallest absolute Gasteiger partial charge is 0.196 e. The van der Waals surface area contributed by atoms with Gasteiger partial charge in [-0.1, -0.05) is 6.07 Å². The molecule has 0 radical (unpaired) electrons. The van der Waals surface area contributed by atoms with E-state index in [0.717, 1.165) is 6.54 Å². The Labute approximate surface area is 80.9 Å². The lowest BCUT2D eigenvalue weighted by Gasteiger charge is -1.91. The van der Waals surface area contributed by atoms with E-state index in [4.69, 9.17) is 4.42 Å². The number of rotatable bonds is 3. The predicted molar refractivity (Wildman–Crippen MR) is 51.6 cm³/mol. The highest BCUT2D eigenvalue weighted by Crippen LogP contribution is 2.18. The van der Waals surface area contributed by atoms with E-state index < -0.39 is 0 Å². The van der Waals surface area contributed by atoms with E-state index in [1.54, 1.807) is 12.1 Å². The predicted octanol–water partition coefficient (Wildman–Crippen LogP) is 1.73. The zero-order valence-corrected chi connectivity index (χ0v) is 7.88. The summed E-state index contributed by atoms with van der Waals surface area (Å²) in [6, 6.07) is 4.74. The number of benzene rings is 1. The van der Waals surface area contributed by atoms with Crippen molar-refractivity contribution in [2.75, 3.05) is 13.6 Å². The average molecular weight is 194 g/mol. The van der Waals surface area contributed by atoms with Crippen molar-refractivity contribution >= 4 is 11.1 Å². The zero-order valence-electron chi connectivity index (χ0n) is 7.88. The number of halogens is 1. The van der Waals surface area contributed by atoms with Crippen molar-refractivity contribution in [2.24, 2.45) is 0 Å². The van der Waals surface area contributed by atoms with Crippen LogP contribution in [0.3, 0.4) is 0 Å². The van der Waals surface area contributed by atoms with Crippen molar-refractivity contribution in [3.63, 3.8) is 0 Å². The van der Waals surface area contributed by atoms with Gasteiger partial charge < -0.3 is 9.73 Å². The van der Waals surface area contributed by atoms with Gasteiger partial charge in [-0.3, -0.25) is 0 Å². The quantitative estimate of drug-likeness (QED) is 0.808. The lowest BCUT2D eigenvalue weighted by Crippen LogP contribution is -2.10. The van der Waals surface area contributed by atoms with Crippen molar-refractivity contribution in [2.45, 2.75) is 6.42 Å². The minimum atomic E-state index is -0.356. The summed E-state index contributed by atoms with van der Waals surface area (Å²) in [6.45, 7) is 0.772. The monoisotopic (exact) mass is 194 g/mol. The molecule has 74 valence electrons. The number of fused-ring (bicyclic) bond motifs is 1. The molecule has 1 aromatic carbocycles. The molecule has 0 saturated carbocycles. The number of hydrogen-bond acceptors (Lipinski definition) is 3. The molecule has 4 heteroatoms. The topological polar surface area (TPSA) is 38.1 Å². The first-order valence-electron chi connectivity index (χ1n) is 4.50. The molecular weight excluding hydrogens is 183 g/mol. The van der Waals surface area contributed by atoms with Gasteiger partial charge in [-0.15, -0.1) is 0 Å². The van der Waals surface area contributed by atoms with Crippen LogP contribution >= 0.6 is 0 Å². The summed E-state index contributed by atoms with van der Waals surface area (Å²) in [5.74, 6) is 0.213. The summed E-state index contributed by atoms with van der Waals surface area (Å²) < 4.78 is 18.4. The van der Waals surface area contributed by atoms with Gasteiger partial charge in [0.05, 0.1) is 0 Å². The fourth-order valence-electron chi connectivity index (χ4n) is 1.30. The summed E-state index contributed by atoms with van der Waals surface area (Å²) in [6.07, 6.45) is 0.671. The first-order chi connectivity index (χ1) is 6.81. The summed E-state index contributed by atoms with van der Waals surface area (Å²) in [7, 11) is 1.85. The number of likely N-dealkylation sites (N-methyl/N-ethyl adjacent to an activating group) is 1. The van der Waals surface area contributed by atoms with Crippen LogP contribution in [0.25, 0.3) is 11.1 Å². The van der Waals surface area contributed by atoms with Gasteiger partial charge in [-0.2, -0.15) is 0 Å². The maximum Gasteiger partial charge on any atom is 0.196 e. The Balaban J connectivity index is 2.36. The SMILES string of the molecule is CNCCc1nc2cccc(F)c2o1. The number of nitrogens with one attached hydrogen (secondary N) is 1. The van der Waals surface area contributed by atoms with Gasteiger partial charge >= 0.3 is 0 Å². The highest BCUT2D eigenvalue weighted by atomic mass is 19.1. The molecule has 2 rings (SSSR count). The van der Waals surface area contributed by atoms with Crippen LogP contribution in [0.15, 0.2) is 22.6 Å². The highest BCUT2D eigenvalue weighted by molar-refractivity contribution is 5.72. The molecule has 0 aliphatic carbocycles. The number of para-hydroxylation sites is 1. The van der Waals surface area contributed by atoms with E-state index in [1.165, 1.54) is 6.07 Å². The summed E-state index contributed by atoms with van der Waals surface area (Å²) in [5.41, 5.74) is 0.828. The lowest BCUT2D eigenvalue weighted by molar-refractivity contribution is 0.501. The summed E-state index contributed by atoms with van der Waals surface area (Å²) in [4.78, 5) is 4.16. The van der Waals surface area contributed by atoms with Gasteiger partial charge in [-0.25, -0.2) is 9.37 Å². The Morgan fingerprint density at radius 2 is 2.36 bits per heavy atom. The zero-order chi connectivity index (χ0) is 9.97. The maximum atomic E-state index is 13.2. The normalized spacial score (nSPS) is 11.0. The van der Waals surface area contributed by atoms with E-state index in [1.807, 2.05) is 7.05 Å². The number of aromatic nitrogens is 1. The van der Waals surface area contributed by atoms with Gasteiger partial charge in [0.25, 0.3) is 0 Å². The van der Waals surface area contributed by atoms with Crippen LogP contribution in [-0.2, 0) is 6.42 Å². The van der Waals surface area contributed by atoms with Crippen molar-refractivity contribution in [3.05, 3.63) is 29.9 Å². The number of hydrogen-bond donors (Lipinski definition) is 1. The minimum Gasteiger partial charge on any atom is -0.438 e. The molecule has 0 fully saturated rings. The van der Waals surface area contributed by atoms with Gasteiger partial charge in [0, 0.05) is 13.0 Å². The Morgan fingerprint density at radius 3 is 3.07 bits per heavy atom. The van der Waals surface area contributed by atoms with Crippen LogP contribution in [0.4, 0.5) is 4.39 Å². The van der Waals surface area contributed by atoms with E-state index in [-0.39, 0.29) is 11.4 Å². The number of oxazole rings is 1. The van der Waals surface area contributed by atoms with E-state index >= 15 is 0 Å². The molecule has 0 atom stereocenters. The third-order valence-corrected chi connectivity index (χ3v) is 2.00. The standard InChI is InChI=1S/C10H11FN2O/c1-12-6-5-9-13-8-4-2-3-7(11)10(8)14-9/h2-4,12H,5-6H2,1H3. The molecule has 0 bridgehead atoms. The first-order valence-corrected chi connectivity index (χ1v) is 4.50. The average Bonchev–Trinajstić information content (AvgIpc) is 2.59. The summed E-state index contributed by atoms with van der Waals surface area (Å²) >= 11 is 0. The molecule has 1 heterocycles. The van der Waals surface area contributed by atoms with Gasteiger partial charge in [0.2, 0.25) is 0 Å². The second kappa shape index (κ2) is 3.75. The van der Waals surface area contributed by atoms with Crippen molar-refractivity contribution in [3.8, 4) is 0 Å². The molecule has 1 aromatic heterocycles. The van der Waals surface area contributed by atoms with Crippen molar-refractivity contribution < 1.29 is 8.81 Å². The third-order valence-electron chi connectivity index (χ3n) is 2.00. The van der Waals surface area contributed by atoms with Crippen LogP contribution in [0, 0.1) is 5.82 Å². The van der Waals surface area contributed by atoms with Gasteiger partial charge in [0.1, 0.15) is 5.52 Å². The van der Waals surface area contributed by atoms with Crippen LogP contribution in [0.5, 0.6) is 0 Å². The van der Waals surface area contributed by atoms with Gasteiger partial charge in [0.15, 0.2) is 17.3 Å². The molecule has 0 saturated heterocycles. The second-order valence-corrected chi connectivity index (χ2v) is 3.05. The van der Waals surface area contributed by atoms with Crippen LogP contribution < -0.4 is 5.32 Å². The van der Waals surface area contributed by atoms with E-state index in [2.05, 4.69) is 10.3 Å². The fraction of sp³-hybridized carbons (Fsp3) is 0.300. The van der Waals surface area contributed by atoms with Gasteiger partial charge in [-0.05, 0) is 19.2 Å². The molecule has 2 aromatic rings. The molecule has 14 heavy (non-hydrogen) atoms. The van der Waals surface area contributed by atoms with Crippen LogP contribution in [0.2, 0.25) is 0 Å². The van der Waals surface area contributed by atoms with E-state index in [9.17, 15) is 4.39 Å². The minimum absolute atomic E-state index is 0.249.